The van der Waals surface area contributed by atoms with Gasteiger partial charge >= 0.3 is 5.97 Å². The molecule has 0 atom stereocenters. The number of carbonyl (C=O) groups excluding carboxylic acids is 1. The molecule has 0 radical (unpaired) electrons. The van der Waals surface area contributed by atoms with Crippen LogP contribution in [0.15, 0.2) is 12.3 Å². The van der Waals surface area contributed by atoms with Crippen LogP contribution in [0.2, 0.25) is 5.15 Å². The van der Waals surface area contributed by atoms with Crippen molar-refractivity contribution in [3.05, 3.63) is 23.0 Å². The van der Waals surface area contributed by atoms with Crippen molar-refractivity contribution in [2.75, 3.05) is 6.61 Å². The van der Waals surface area contributed by atoms with E-state index in [0.29, 0.717) is 17.3 Å². The summed E-state index contributed by atoms with van der Waals surface area (Å²) in [6, 6.07) is 1.53. The van der Waals surface area contributed by atoms with Crippen LogP contribution < -0.4 is 0 Å². The second-order valence-electron chi connectivity index (χ2n) is 1.96. The van der Waals surface area contributed by atoms with E-state index in [1.165, 1.54) is 12.3 Å². The lowest BCUT2D eigenvalue weighted by Gasteiger charge is -1.95. The fraction of sp³-hybridized carbons (Fsp3) is 0.286. The summed E-state index contributed by atoms with van der Waals surface area (Å²) in [4.78, 5) is 13.6. The van der Waals surface area contributed by atoms with Crippen molar-refractivity contribution in [2.45, 2.75) is 6.92 Å². The molecule has 0 saturated carbocycles. The molecule has 0 aliphatic carbocycles. The van der Waals surface area contributed by atoms with E-state index in [9.17, 15) is 4.79 Å². The molecule has 1 rings (SSSR count). The number of hydrogen-bond donors (Lipinski definition) is 1. The number of H-pyrrole nitrogens is 1. The minimum absolute atomic E-state index is 0.351. The highest BCUT2D eigenvalue weighted by Crippen LogP contribution is 2.09. The van der Waals surface area contributed by atoms with Gasteiger partial charge in [0.1, 0.15) is 5.15 Å². The van der Waals surface area contributed by atoms with Gasteiger partial charge in [-0.25, -0.2) is 4.79 Å². The largest absolute Gasteiger partial charge is 0.462 e. The molecule has 3 nitrogen and oxygen atoms in total. The van der Waals surface area contributed by atoms with E-state index in [4.69, 9.17) is 16.3 Å². The first-order chi connectivity index (χ1) is 5.24. The maximum Gasteiger partial charge on any atom is 0.339 e. The third kappa shape index (κ3) is 1.98. The van der Waals surface area contributed by atoms with Crippen molar-refractivity contribution in [1.82, 2.24) is 4.98 Å². The highest BCUT2D eigenvalue weighted by atomic mass is 35.5. The molecule has 60 valence electrons. The first kappa shape index (κ1) is 8.14. The molecule has 1 aromatic rings. The van der Waals surface area contributed by atoms with Crippen molar-refractivity contribution >= 4 is 17.6 Å². The maximum absolute atomic E-state index is 11.0. The molecule has 0 fully saturated rings. The Balaban J connectivity index is 2.69. The Kier molecular flexibility index (Phi) is 2.54. The third-order valence-corrected chi connectivity index (χ3v) is 1.38. The zero-order valence-electron chi connectivity index (χ0n) is 6.06. The number of aromatic nitrogens is 1. The summed E-state index contributed by atoms with van der Waals surface area (Å²) in [5.41, 5.74) is 0.455. The smallest absolute Gasteiger partial charge is 0.339 e. The topological polar surface area (TPSA) is 42.1 Å². The van der Waals surface area contributed by atoms with Crippen LogP contribution in [-0.2, 0) is 4.74 Å². The first-order valence-electron chi connectivity index (χ1n) is 3.25. The van der Waals surface area contributed by atoms with Crippen molar-refractivity contribution in [3.8, 4) is 0 Å². The molecular weight excluding hydrogens is 166 g/mol. The Morgan fingerprint density at radius 3 is 3.00 bits per heavy atom. The van der Waals surface area contributed by atoms with E-state index in [1.807, 2.05) is 0 Å². The summed E-state index contributed by atoms with van der Waals surface area (Å²) >= 11 is 5.54. The number of ether oxygens (including phenoxy) is 1. The van der Waals surface area contributed by atoms with Gasteiger partial charge in [0.05, 0.1) is 12.2 Å². The van der Waals surface area contributed by atoms with Gasteiger partial charge in [-0.1, -0.05) is 11.6 Å². The molecule has 0 spiro atoms. The number of hydrogen-bond acceptors (Lipinski definition) is 2. The number of rotatable bonds is 2. The molecule has 0 bridgehead atoms. The molecule has 0 aromatic carbocycles. The van der Waals surface area contributed by atoms with Crippen LogP contribution in [0.5, 0.6) is 0 Å². The second-order valence-corrected chi connectivity index (χ2v) is 2.36. The zero-order valence-corrected chi connectivity index (χ0v) is 6.81. The van der Waals surface area contributed by atoms with Crippen molar-refractivity contribution in [3.63, 3.8) is 0 Å². The molecule has 1 aromatic heterocycles. The van der Waals surface area contributed by atoms with Gasteiger partial charge in [-0.2, -0.15) is 0 Å². The van der Waals surface area contributed by atoms with Gasteiger partial charge in [-0.3, -0.25) is 0 Å². The average Bonchev–Trinajstić information content (AvgIpc) is 2.36. The Labute approximate surface area is 69.3 Å². The normalized spacial score (nSPS) is 9.64. The van der Waals surface area contributed by atoms with Crippen LogP contribution in [0.1, 0.15) is 17.3 Å². The van der Waals surface area contributed by atoms with Crippen LogP contribution in [0.3, 0.4) is 0 Å². The van der Waals surface area contributed by atoms with E-state index in [0.717, 1.165) is 0 Å². The molecule has 0 amide bonds. The lowest BCUT2D eigenvalue weighted by molar-refractivity contribution is 0.0526. The van der Waals surface area contributed by atoms with Gasteiger partial charge in [-0.05, 0) is 13.0 Å². The van der Waals surface area contributed by atoms with E-state index in [-0.39, 0.29) is 5.97 Å². The minimum atomic E-state index is -0.351. The molecule has 1 heterocycles. The van der Waals surface area contributed by atoms with Gasteiger partial charge in [0.25, 0.3) is 0 Å². The fourth-order valence-electron chi connectivity index (χ4n) is 0.699. The fourth-order valence-corrected chi connectivity index (χ4v) is 0.871. The van der Waals surface area contributed by atoms with Crippen molar-refractivity contribution in [2.24, 2.45) is 0 Å². The monoisotopic (exact) mass is 173 g/mol. The van der Waals surface area contributed by atoms with Crippen LogP contribution in [-0.4, -0.2) is 17.6 Å². The van der Waals surface area contributed by atoms with E-state index < -0.39 is 0 Å². The summed E-state index contributed by atoms with van der Waals surface area (Å²) in [7, 11) is 0. The molecule has 1 N–H and O–H groups in total. The quantitative estimate of drug-likeness (QED) is 0.694. The predicted molar refractivity (Wildman–Crippen MR) is 41.8 cm³/mol. The summed E-state index contributed by atoms with van der Waals surface area (Å²) in [6.45, 7) is 2.13. The Bertz CT molecular complexity index is 257. The molecule has 11 heavy (non-hydrogen) atoms. The van der Waals surface area contributed by atoms with Crippen LogP contribution in [0.25, 0.3) is 0 Å². The molecule has 4 heteroatoms. The van der Waals surface area contributed by atoms with E-state index in [2.05, 4.69) is 4.98 Å². The number of halogens is 1. The van der Waals surface area contributed by atoms with Crippen LogP contribution in [0.4, 0.5) is 0 Å². The van der Waals surface area contributed by atoms with Gasteiger partial charge in [0, 0.05) is 6.20 Å². The van der Waals surface area contributed by atoms with Crippen LogP contribution >= 0.6 is 11.6 Å². The maximum atomic E-state index is 11.0. The minimum Gasteiger partial charge on any atom is -0.462 e. The molecule has 0 unspecified atom stereocenters. The molecule has 0 aliphatic heterocycles. The first-order valence-corrected chi connectivity index (χ1v) is 3.63. The summed E-state index contributed by atoms with van der Waals surface area (Å²) < 4.78 is 4.72. The number of esters is 1. The lowest BCUT2D eigenvalue weighted by Crippen LogP contribution is -2.02. The predicted octanol–water partition coefficient (Wildman–Crippen LogP) is 1.84. The van der Waals surface area contributed by atoms with E-state index >= 15 is 0 Å². The Hall–Kier alpha value is -0.960. The molecule has 0 saturated heterocycles. The lowest BCUT2D eigenvalue weighted by atomic mass is 10.3. The van der Waals surface area contributed by atoms with E-state index in [1.54, 1.807) is 6.92 Å². The highest BCUT2D eigenvalue weighted by molar-refractivity contribution is 6.29. The SMILES string of the molecule is CCOC(=O)c1c[nH]c(Cl)c1. The number of nitrogens with one attached hydrogen (secondary N) is 1. The van der Waals surface area contributed by atoms with Gasteiger partial charge < -0.3 is 9.72 Å². The zero-order chi connectivity index (χ0) is 8.27. The Morgan fingerprint density at radius 2 is 2.55 bits per heavy atom. The summed E-state index contributed by atoms with van der Waals surface area (Å²) in [5.74, 6) is -0.351. The standard InChI is InChI=1S/C7H8ClNO2/c1-2-11-7(10)5-3-6(8)9-4-5/h3-4,9H,2H2,1H3. The van der Waals surface area contributed by atoms with Gasteiger partial charge in [-0.15, -0.1) is 0 Å². The third-order valence-electron chi connectivity index (χ3n) is 1.16. The Morgan fingerprint density at radius 1 is 1.82 bits per heavy atom. The van der Waals surface area contributed by atoms with Gasteiger partial charge in [0.2, 0.25) is 0 Å². The van der Waals surface area contributed by atoms with Crippen molar-refractivity contribution < 1.29 is 9.53 Å². The van der Waals surface area contributed by atoms with Gasteiger partial charge in [0.15, 0.2) is 0 Å². The molecule has 0 aliphatic rings. The highest BCUT2D eigenvalue weighted by Gasteiger charge is 2.06. The van der Waals surface area contributed by atoms with Crippen LogP contribution in [0, 0.1) is 0 Å². The summed E-state index contributed by atoms with van der Waals surface area (Å²) in [5, 5.41) is 0.438. The summed E-state index contributed by atoms with van der Waals surface area (Å²) in [6.07, 6.45) is 1.51. The average molecular weight is 174 g/mol. The number of aromatic amines is 1. The number of carbonyl (C=O) groups is 1. The molecular formula is C7H8ClNO2. The van der Waals surface area contributed by atoms with Crippen molar-refractivity contribution in [1.29, 1.82) is 0 Å². The second kappa shape index (κ2) is 3.44.